The summed E-state index contributed by atoms with van der Waals surface area (Å²) in [4.78, 5) is 35.7. The van der Waals surface area contributed by atoms with Gasteiger partial charge < -0.3 is 10.1 Å². The molecular formula is C17H19F2NO4. The van der Waals surface area contributed by atoms with Crippen molar-refractivity contribution in [3.8, 4) is 0 Å². The van der Waals surface area contributed by atoms with Crippen LogP contribution in [-0.4, -0.2) is 30.8 Å². The van der Waals surface area contributed by atoms with Crippen molar-refractivity contribution in [1.82, 2.24) is 5.32 Å². The number of methoxy groups -OCH3 is 1. The zero-order chi connectivity index (χ0) is 17.7. The minimum atomic E-state index is -0.999. The van der Waals surface area contributed by atoms with E-state index < -0.39 is 36.0 Å². The Kier molecular flexibility index (Phi) is 6.00. The molecule has 2 atom stereocenters. The van der Waals surface area contributed by atoms with Gasteiger partial charge in [-0.1, -0.05) is 6.07 Å². The summed E-state index contributed by atoms with van der Waals surface area (Å²) in [6.07, 6.45) is 1.33. The first-order valence-electron chi connectivity index (χ1n) is 7.74. The Labute approximate surface area is 138 Å². The van der Waals surface area contributed by atoms with Crippen molar-refractivity contribution in [1.29, 1.82) is 0 Å². The van der Waals surface area contributed by atoms with Crippen LogP contribution in [0.2, 0.25) is 0 Å². The lowest BCUT2D eigenvalue weighted by Gasteiger charge is -2.28. The maximum atomic E-state index is 13.6. The molecule has 1 fully saturated rings. The van der Waals surface area contributed by atoms with Crippen LogP contribution in [0.25, 0.3) is 0 Å². The SMILES string of the molecule is COC(=O)[C@H](NC(=O)Cc1c(F)cccc1F)[C@@H]1CCCC(=O)C1. The quantitative estimate of drug-likeness (QED) is 0.832. The lowest BCUT2D eigenvalue weighted by atomic mass is 9.83. The summed E-state index contributed by atoms with van der Waals surface area (Å²) < 4.78 is 31.9. The Morgan fingerprint density at radius 1 is 1.33 bits per heavy atom. The predicted molar refractivity (Wildman–Crippen MR) is 81.0 cm³/mol. The lowest BCUT2D eigenvalue weighted by molar-refractivity contribution is -0.147. The molecular weight excluding hydrogens is 320 g/mol. The van der Waals surface area contributed by atoms with E-state index in [1.165, 1.54) is 13.2 Å². The third kappa shape index (κ3) is 4.37. The molecule has 24 heavy (non-hydrogen) atoms. The molecule has 0 saturated heterocycles. The first kappa shape index (κ1) is 18.0. The fourth-order valence-electron chi connectivity index (χ4n) is 2.92. The normalized spacial score (nSPS) is 18.8. The minimum Gasteiger partial charge on any atom is -0.467 e. The predicted octanol–water partition coefficient (Wildman–Crippen LogP) is 1.92. The van der Waals surface area contributed by atoms with Crippen LogP contribution < -0.4 is 5.32 Å². The van der Waals surface area contributed by atoms with Crippen molar-refractivity contribution in [3.05, 3.63) is 35.4 Å². The van der Waals surface area contributed by atoms with Crippen LogP contribution in [0.3, 0.4) is 0 Å². The number of carbonyl (C=O) groups is 3. The number of halogens is 2. The number of hydrogen-bond donors (Lipinski definition) is 1. The van der Waals surface area contributed by atoms with Crippen molar-refractivity contribution < 1.29 is 27.9 Å². The number of Topliss-reactive ketones (excluding diaryl/α,β-unsaturated/α-hetero) is 1. The van der Waals surface area contributed by atoms with E-state index in [0.717, 1.165) is 12.1 Å². The Morgan fingerprint density at radius 3 is 2.58 bits per heavy atom. The first-order valence-corrected chi connectivity index (χ1v) is 7.74. The topological polar surface area (TPSA) is 72.5 Å². The van der Waals surface area contributed by atoms with E-state index in [4.69, 9.17) is 0 Å². The van der Waals surface area contributed by atoms with Crippen LogP contribution in [0.4, 0.5) is 8.78 Å². The largest absolute Gasteiger partial charge is 0.467 e. The molecule has 5 nitrogen and oxygen atoms in total. The Bertz CT molecular complexity index is 627. The molecule has 0 aliphatic heterocycles. The highest BCUT2D eigenvalue weighted by Gasteiger charge is 2.34. The van der Waals surface area contributed by atoms with Crippen molar-refractivity contribution in [2.75, 3.05) is 7.11 Å². The van der Waals surface area contributed by atoms with E-state index in [0.29, 0.717) is 19.3 Å². The van der Waals surface area contributed by atoms with Crippen molar-refractivity contribution in [2.24, 2.45) is 5.92 Å². The van der Waals surface area contributed by atoms with Gasteiger partial charge in [0.05, 0.1) is 13.5 Å². The Hall–Kier alpha value is -2.31. The third-order valence-electron chi connectivity index (χ3n) is 4.16. The zero-order valence-corrected chi connectivity index (χ0v) is 13.3. The Balaban J connectivity index is 2.10. The molecule has 1 amide bonds. The van der Waals surface area contributed by atoms with E-state index in [2.05, 4.69) is 10.1 Å². The van der Waals surface area contributed by atoms with Gasteiger partial charge in [-0.2, -0.15) is 0 Å². The molecule has 1 aliphatic rings. The number of benzene rings is 1. The van der Waals surface area contributed by atoms with Crippen molar-refractivity contribution in [2.45, 2.75) is 38.1 Å². The zero-order valence-electron chi connectivity index (χ0n) is 13.3. The average molecular weight is 339 g/mol. The summed E-state index contributed by atoms with van der Waals surface area (Å²) in [6, 6.07) is 2.32. The van der Waals surface area contributed by atoms with Gasteiger partial charge in [-0.25, -0.2) is 13.6 Å². The van der Waals surface area contributed by atoms with Crippen LogP contribution >= 0.6 is 0 Å². The number of ether oxygens (including phenoxy) is 1. The second-order valence-corrected chi connectivity index (χ2v) is 5.84. The smallest absolute Gasteiger partial charge is 0.328 e. The van der Waals surface area contributed by atoms with E-state index >= 15 is 0 Å². The number of amides is 1. The van der Waals surface area contributed by atoms with Gasteiger partial charge in [0.25, 0.3) is 0 Å². The van der Waals surface area contributed by atoms with E-state index in [9.17, 15) is 23.2 Å². The first-order chi connectivity index (χ1) is 11.4. The van der Waals surface area contributed by atoms with Crippen molar-refractivity contribution in [3.63, 3.8) is 0 Å². The maximum absolute atomic E-state index is 13.6. The summed E-state index contributed by atoms with van der Waals surface area (Å²) in [6.45, 7) is 0. The second kappa shape index (κ2) is 7.99. The number of nitrogens with one attached hydrogen (secondary N) is 1. The lowest BCUT2D eigenvalue weighted by Crippen LogP contribution is -2.48. The minimum absolute atomic E-state index is 0.0227. The molecule has 1 aliphatic carbocycles. The summed E-state index contributed by atoms with van der Waals surface area (Å²) in [5, 5.41) is 2.46. The molecule has 7 heteroatoms. The monoisotopic (exact) mass is 339 g/mol. The third-order valence-corrected chi connectivity index (χ3v) is 4.16. The summed E-state index contributed by atoms with van der Waals surface area (Å²) in [5.41, 5.74) is -0.363. The van der Waals surface area contributed by atoms with Gasteiger partial charge in [0.1, 0.15) is 23.5 Å². The molecule has 1 N–H and O–H groups in total. The second-order valence-electron chi connectivity index (χ2n) is 5.84. The number of esters is 1. The van der Waals surface area contributed by atoms with Crippen LogP contribution in [0, 0.1) is 17.6 Å². The van der Waals surface area contributed by atoms with Gasteiger partial charge in [0.15, 0.2) is 0 Å². The van der Waals surface area contributed by atoms with Gasteiger partial charge in [0.2, 0.25) is 5.91 Å². The average Bonchev–Trinajstić information content (AvgIpc) is 2.55. The van der Waals surface area contributed by atoms with Gasteiger partial charge in [-0.3, -0.25) is 9.59 Å². The molecule has 0 radical (unpaired) electrons. The molecule has 1 saturated carbocycles. The van der Waals surface area contributed by atoms with Crippen LogP contribution in [0.5, 0.6) is 0 Å². The molecule has 0 heterocycles. The van der Waals surface area contributed by atoms with E-state index in [-0.39, 0.29) is 23.7 Å². The van der Waals surface area contributed by atoms with Crippen LogP contribution in [-0.2, 0) is 25.5 Å². The van der Waals surface area contributed by atoms with Crippen LogP contribution in [0.1, 0.15) is 31.2 Å². The fraction of sp³-hybridized carbons (Fsp3) is 0.471. The number of hydrogen-bond acceptors (Lipinski definition) is 4. The molecule has 0 unspecified atom stereocenters. The molecule has 1 aromatic carbocycles. The number of ketones is 1. The molecule has 0 bridgehead atoms. The van der Waals surface area contributed by atoms with E-state index in [1.807, 2.05) is 0 Å². The molecule has 1 aromatic rings. The summed E-state index contributed by atoms with van der Waals surface area (Å²) in [7, 11) is 1.18. The summed E-state index contributed by atoms with van der Waals surface area (Å²) >= 11 is 0. The highest BCUT2D eigenvalue weighted by Crippen LogP contribution is 2.25. The van der Waals surface area contributed by atoms with Gasteiger partial charge in [-0.05, 0) is 30.9 Å². The molecule has 130 valence electrons. The van der Waals surface area contributed by atoms with Gasteiger partial charge >= 0.3 is 5.97 Å². The number of carbonyl (C=O) groups excluding carboxylic acids is 3. The molecule has 0 aromatic heterocycles. The van der Waals surface area contributed by atoms with E-state index in [1.54, 1.807) is 0 Å². The highest BCUT2D eigenvalue weighted by molar-refractivity contribution is 5.87. The van der Waals surface area contributed by atoms with Crippen LogP contribution in [0.15, 0.2) is 18.2 Å². The van der Waals surface area contributed by atoms with Gasteiger partial charge in [0, 0.05) is 18.4 Å². The maximum Gasteiger partial charge on any atom is 0.328 e. The highest BCUT2D eigenvalue weighted by atomic mass is 19.1. The number of rotatable bonds is 5. The van der Waals surface area contributed by atoms with Crippen molar-refractivity contribution >= 4 is 17.7 Å². The molecule has 0 spiro atoms. The fourth-order valence-corrected chi connectivity index (χ4v) is 2.92. The summed E-state index contributed by atoms with van der Waals surface area (Å²) in [5.74, 6) is -3.37. The molecule has 2 rings (SSSR count). The Morgan fingerprint density at radius 2 is 2.00 bits per heavy atom. The standard InChI is InChI=1S/C17H19F2NO4/c1-24-17(23)16(10-4-2-5-11(21)8-10)20-15(22)9-12-13(18)6-3-7-14(12)19/h3,6-7,10,16H,2,4-5,8-9H2,1H3,(H,20,22)/t10-,16-/m1/s1. The van der Waals surface area contributed by atoms with Gasteiger partial charge in [-0.15, -0.1) is 0 Å².